The van der Waals surface area contributed by atoms with Crippen LogP contribution in [0.2, 0.25) is 0 Å². The van der Waals surface area contributed by atoms with Gasteiger partial charge in [-0.2, -0.15) is 0 Å². The molecule has 3 N–H and O–H groups in total. The number of hydrogen-bond acceptors (Lipinski definition) is 6. The maximum Gasteiger partial charge on any atom is 0.0521 e. The molecule has 2 atom stereocenters. The summed E-state index contributed by atoms with van der Waals surface area (Å²) in [6.45, 7) is 54.7. The summed E-state index contributed by atoms with van der Waals surface area (Å²) in [6, 6.07) is 0. The van der Waals surface area contributed by atoms with Gasteiger partial charge in [0.1, 0.15) is 0 Å². The SMILES string of the molecule is CC(C)(C)C1CCNC1.CC(C)(C)C1CCNCC1.CC(C)(C)C1CCOC1.CC(C)(C)C1CCOCC1.CC(C)(C)C1CNC1.CC(C)(C)C1COC1. The van der Waals surface area contributed by atoms with Gasteiger partial charge in [0.05, 0.1) is 13.2 Å². The van der Waals surface area contributed by atoms with E-state index >= 15 is 0 Å². The first kappa shape index (κ1) is 51.8. The fraction of sp³-hybridized carbons (Fsp3) is 1.00. The Bertz CT molecular complexity index is 847. The van der Waals surface area contributed by atoms with Gasteiger partial charge in [-0.15, -0.1) is 0 Å². The van der Waals surface area contributed by atoms with Gasteiger partial charge < -0.3 is 30.2 Å². The maximum absolute atomic E-state index is 5.29. The van der Waals surface area contributed by atoms with Crippen LogP contribution in [0.1, 0.15) is 163 Å². The van der Waals surface area contributed by atoms with Gasteiger partial charge in [-0.25, -0.2) is 0 Å². The molecule has 6 heterocycles. The van der Waals surface area contributed by atoms with Crippen molar-refractivity contribution in [2.24, 2.45) is 68.0 Å². The second-order valence-corrected chi connectivity index (χ2v) is 23.9. The third kappa shape index (κ3) is 22.1. The van der Waals surface area contributed by atoms with Gasteiger partial charge in [0.2, 0.25) is 0 Å². The van der Waals surface area contributed by atoms with Gasteiger partial charge >= 0.3 is 0 Å². The lowest BCUT2D eigenvalue weighted by atomic mass is 9.76. The van der Waals surface area contributed by atoms with Crippen molar-refractivity contribution in [1.29, 1.82) is 0 Å². The standard InChI is InChI=1S/C9H19N.C9H18O.C8H17N.C8H16O.C7H15N.C7H14O/c2*1-9(2,3)8-4-6-10-7-5-8;2*1-8(2,3)7-4-5-9-6-7;2*1-7(2,3)6-4-8-5-6/h8,10H,4-7H2,1-3H3;8H,4-7H2,1-3H3;7,9H,4-6H2,1-3H3;7H,4-6H2,1-3H3;6,8H,4-5H2,1-3H3;6H,4-5H2,1-3H3. The largest absolute Gasteiger partial charge is 0.381 e. The molecule has 6 rings (SSSR count). The van der Waals surface area contributed by atoms with Crippen molar-refractivity contribution in [3.63, 3.8) is 0 Å². The molecule has 0 aromatic heterocycles. The molecule has 54 heavy (non-hydrogen) atoms. The zero-order valence-corrected chi connectivity index (χ0v) is 39.9. The Labute approximate surface area is 339 Å². The minimum atomic E-state index is 0.455. The summed E-state index contributed by atoms with van der Waals surface area (Å²) < 4.78 is 15.6. The van der Waals surface area contributed by atoms with Crippen molar-refractivity contribution in [1.82, 2.24) is 16.0 Å². The number of ether oxygens (including phenoxy) is 3. The summed E-state index contributed by atoms with van der Waals surface area (Å²) in [5.41, 5.74) is 3.00. The Hall–Kier alpha value is -0.240. The van der Waals surface area contributed by atoms with Crippen LogP contribution in [0, 0.1) is 68.0 Å². The molecule has 0 bridgehead atoms. The lowest BCUT2D eigenvalue weighted by Gasteiger charge is -2.38. The molecule has 0 saturated carbocycles. The minimum Gasteiger partial charge on any atom is -0.381 e. The van der Waals surface area contributed by atoms with E-state index in [9.17, 15) is 0 Å². The van der Waals surface area contributed by atoms with Gasteiger partial charge in [0.25, 0.3) is 0 Å². The van der Waals surface area contributed by atoms with Crippen molar-refractivity contribution >= 4 is 0 Å². The zero-order valence-electron chi connectivity index (χ0n) is 39.9. The number of piperidine rings is 1. The molecule has 6 heteroatoms. The summed E-state index contributed by atoms with van der Waals surface area (Å²) >= 11 is 0. The van der Waals surface area contributed by atoms with E-state index < -0.39 is 0 Å². The van der Waals surface area contributed by atoms with Crippen LogP contribution in [0.25, 0.3) is 0 Å². The Morgan fingerprint density at radius 2 is 0.630 bits per heavy atom. The molecule has 0 aliphatic carbocycles. The molecule has 0 aromatic carbocycles. The van der Waals surface area contributed by atoms with Crippen molar-refractivity contribution in [2.75, 3.05) is 78.9 Å². The van der Waals surface area contributed by atoms with E-state index in [1.165, 1.54) is 77.8 Å². The second-order valence-electron chi connectivity index (χ2n) is 23.9. The average Bonchev–Trinajstić information content (AvgIpc) is 3.71. The molecule has 6 fully saturated rings. The smallest absolute Gasteiger partial charge is 0.0521 e. The first-order valence-electron chi connectivity index (χ1n) is 22.5. The van der Waals surface area contributed by atoms with Crippen LogP contribution < -0.4 is 16.0 Å². The fourth-order valence-electron chi connectivity index (χ4n) is 7.50. The summed E-state index contributed by atoms with van der Waals surface area (Å²) in [7, 11) is 0. The molecule has 6 aliphatic heterocycles. The number of nitrogens with one attached hydrogen (secondary N) is 3. The molecule has 6 aliphatic rings. The molecule has 0 radical (unpaired) electrons. The summed E-state index contributed by atoms with van der Waals surface area (Å²) in [5, 5.41) is 10.0. The van der Waals surface area contributed by atoms with E-state index in [1.54, 1.807) is 0 Å². The van der Waals surface area contributed by atoms with Crippen LogP contribution in [0.3, 0.4) is 0 Å². The molecule has 324 valence electrons. The maximum atomic E-state index is 5.29. The predicted molar refractivity (Wildman–Crippen MR) is 236 cm³/mol. The molecular formula is C48H99N3O3. The molecule has 6 nitrogen and oxygen atoms in total. The Morgan fingerprint density at radius 3 is 0.815 bits per heavy atom. The quantitative estimate of drug-likeness (QED) is 0.228. The Kier molecular flexibility index (Phi) is 22.4. The van der Waals surface area contributed by atoms with E-state index in [4.69, 9.17) is 14.2 Å². The van der Waals surface area contributed by atoms with Crippen molar-refractivity contribution in [3.05, 3.63) is 0 Å². The van der Waals surface area contributed by atoms with E-state index in [0.717, 1.165) is 75.1 Å². The second kappa shape index (κ2) is 23.4. The Morgan fingerprint density at radius 1 is 0.296 bits per heavy atom. The predicted octanol–water partition coefficient (Wildman–Crippen LogP) is 11.1. The lowest BCUT2D eigenvalue weighted by molar-refractivity contribution is -0.0821. The van der Waals surface area contributed by atoms with Gasteiger partial charge in [-0.05, 0) is 140 Å². The normalized spacial score (nSPS) is 25.0. The fourth-order valence-corrected chi connectivity index (χ4v) is 7.50. The average molecular weight is 766 g/mol. The van der Waals surface area contributed by atoms with Gasteiger partial charge in [-0.3, -0.25) is 0 Å². The van der Waals surface area contributed by atoms with E-state index in [-0.39, 0.29) is 0 Å². The van der Waals surface area contributed by atoms with Gasteiger partial charge in [0, 0.05) is 32.3 Å². The van der Waals surface area contributed by atoms with Crippen LogP contribution in [0.15, 0.2) is 0 Å². The minimum absolute atomic E-state index is 0.455. The number of rotatable bonds is 0. The van der Waals surface area contributed by atoms with Crippen molar-refractivity contribution in [2.45, 2.75) is 163 Å². The van der Waals surface area contributed by atoms with Crippen LogP contribution >= 0.6 is 0 Å². The summed E-state index contributed by atoms with van der Waals surface area (Å²) in [5.74, 6) is 5.23. The monoisotopic (exact) mass is 766 g/mol. The van der Waals surface area contributed by atoms with Crippen LogP contribution in [0.4, 0.5) is 0 Å². The van der Waals surface area contributed by atoms with Gasteiger partial charge in [0.15, 0.2) is 0 Å². The van der Waals surface area contributed by atoms with Crippen LogP contribution in [-0.4, -0.2) is 78.9 Å². The highest BCUT2D eigenvalue weighted by atomic mass is 16.5. The summed E-state index contributed by atoms with van der Waals surface area (Å²) in [6.07, 6.45) is 7.85. The molecule has 2 unspecified atom stereocenters. The van der Waals surface area contributed by atoms with Crippen molar-refractivity contribution in [3.8, 4) is 0 Å². The van der Waals surface area contributed by atoms with Crippen LogP contribution in [0.5, 0.6) is 0 Å². The third-order valence-corrected chi connectivity index (χ3v) is 13.3. The number of hydrogen-bond donors (Lipinski definition) is 3. The topological polar surface area (TPSA) is 63.8 Å². The molecule has 0 amide bonds. The van der Waals surface area contributed by atoms with E-state index in [1.807, 2.05) is 0 Å². The van der Waals surface area contributed by atoms with E-state index in [0.29, 0.717) is 32.5 Å². The highest BCUT2D eigenvalue weighted by Gasteiger charge is 2.32. The molecule has 0 spiro atoms. The summed E-state index contributed by atoms with van der Waals surface area (Å²) in [4.78, 5) is 0. The van der Waals surface area contributed by atoms with Crippen LogP contribution in [-0.2, 0) is 14.2 Å². The van der Waals surface area contributed by atoms with Gasteiger partial charge in [-0.1, -0.05) is 125 Å². The first-order chi connectivity index (χ1) is 24.6. The lowest BCUT2D eigenvalue weighted by Crippen LogP contribution is -2.48. The molecule has 6 saturated heterocycles. The molecular weight excluding hydrogens is 667 g/mol. The Balaban J connectivity index is 0.000000325. The highest BCUT2D eigenvalue weighted by molar-refractivity contribution is 4.85. The molecule has 0 aromatic rings. The van der Waals surface area contributed by atoms with Crippen molar-refractivity contribution < 1.29 is 14.2 Å². The highest BCUT2D eigenvalue weighted by Crippen LogP contribution is 2.35. The zero-order chi connectivity index (χ0) is 41.4. The first-order valence-corrected chi connectivity index (χ1v) is 22.5. The van der Waals surface area contributed by atoms with E-state index in [2.05, 4.69) is 141 Å². The third-order valence-electron chi connectivity index (χ3n) is 13.3.